The van der Waals surface area contributed by atoms with Gasteiger partial charge in [0.1, 0.15) is 24.1 Å². The number of amides is 2. The van der Waals surface area contributed by atoms with Crippen molar-refractivity contribution in [1.82, 2.24) is 10.2 Å². The Labute approximate surface area is 301 Å². The number of carbonyl (C=O) groups is 2. The predicted molar refractivity (Wildman–Crippen MR) is 202 cm³/mol. The molecule has 0 unspecified atom stereocenters. The third kappa shape index (κ3) is 10.1. The summed E-state index contributed by atoms with van der Waals surface area (Å²) in [5, 5.41) is 3.03. The molecule has 264 valence electrons. The second-order valence-corrected chi connectivity index (χ2v) is 14.5. The Kier molecular flexibility index (Phi) is 12.6. The SMILES string of the molecule is CCCCNC(=O)[C@@H](Cc1ccccc1)N(Cc1ccc(C)cc1)C(=O)CN(c1ccc(Oc2ccccc2)cc1)S(=O)(=O)c1ccc(C)cc1. The monoisotopic (exact) mass is 703 g/mol. The lowest BCUT2D eigenvalue weighted by molar-refractivity contribution is -0.140. The van der Waals surface area contributed by atoms with E-state index < -0.39 is 28.5 Å². The molecule has 0 heterocycles. The number of carbonyl (C=O) groups excluding carboxylic acids is 2. The highest BCUT2D eigenvalue weighted by molar-refractivity contribution is 7.92. The fraction of sp³-hybridized carbons (Fsp3) is 0.238. The van der Waals surface area contributed by atoms with Crippen molar-refractivity contribution in [2.45, 2.75) is 57.5 Å². The Hall–Kier alpha value is -5.41. The van der Waals surface area contributed by atoms with Crippen LogP contribution < -0.4 is 14.4 Å². The summed E-state index contributed by atoms with van der Waals surface area (Å²) in [4.78, 5) is 30.2. The summed E-state index contributed by atoms with van der Waals surface area (Å²) in [6.45, 7) is 5.96. The minimum Gasteiger partial charge on any atom is -0.457 e. The number of anilines is 1. The van der Waals surface area contributed by atoms with E-state index in [0.717, 1.165) is 39.4 Å². The zero-order valence-electron chi connectivity index (χ0n) is 29.4. The van der Waals surface area contributed by atoms with Crippen molar-refractivity contribution in [3.8, 4) is 11.5 Å². The predicted octanol–water partition coefficient (Wildman–Crippen LogP) is 7.85. The lowest BCUT2D eigenvalue weighted by Gasteiger charge is -2.34. The summed E-state index contributed by atoms with van der Waals surface area (Å²) < 4.78 is 35.8. The minimum absolute atomic E-state index is 0.0498. The maximum absolute atomic E-state index is 14.7. The summed E-state index contributed by atoms with van der Waals surface area (Å²) in [6.07, 6.45) is 1.95. The Balaban J connectivity index is 1.54. The van der Waals surface area contributed by atoms with Gasteiger partial charge in [-0.3, -0.25) is 13.9 Å². The number of hydrogen-bond donors (Lipinski definition) is 1. The quantitative estimate of drug-likeness (QED) is 0.106. The van der Waals surface area contributed by atoms with Crippen LogP contribution in [-0.4, -0.2) is 44.3 Å². The molecule has 9 heteroatoms. The van der Waals surface area contributed by atoms with E-state index >= 15 is 0 Å². The molecule has 1 atom stereocenters. The van der Waals surface area contributed by atoms with Gasteiger partial charge in [-0.15, -0.1) is 0 Å². The van der Waals surface area contributed by atoms with Crippen LogP contribution in [-0.2, 0) is 32.6 Å². The van der Waals surface area contributed by atoms with E-state index in [0.29, 0.717) is 18.0 Å². The van der Waals surface area contributed by atoms with Crippen LogP contribution in [0.3, 0.4) is 0 Å². The summed E-state index contributed by atoms with van der Waals surface area (Å²) in [5.41, 5.74) is 3.95. The van der Waals surface area contributed by atoms with Gasteiger partial charge in [0.25, 0.3) is 10.0 Å². The summed E-state index contributed by atoms with van der Waals surface area (Å²) >= 11 is 0. The number of hydrogen-bond acceptors (Lipinski definition) is 5. The van der Waals surface area contributed by atoms with Gasteiger partial charge in [-0.1, -0.05) is 109 Å². The van der Waals surface area contributed by atoms with E-state index in [2.05, 4.69) is 5.32 Å². The van der Waals surface area contributed by atoms with Gasteiger partial charge in [-0.25, -0.2) is 8.42 Å². The average Bonchev–Trinajstić information content (AvgIpc) is 3.14. The number of nitrogens with zero attached hydrogens (tertiary/aromatic N) is 2. The summed E-state index contributed by atoms with van der Waals surface area (Å²) in [5.74, 6) is 0.347. The van der Waals surface area contributed by atoms with E-state index in [1.165, 1.54) is 4.90 Å². The highest BCUT2D eigenvalue weighted by atomic mass is 32.2. The molecule has 5 rings (SSSR count). The lowest BCUT2D eigenvalue weighted by Crippen LogP contribution is -2.53. The molecule has 0 radical (unpaired) electrons. The fourth-order valence-electron chi connectivity index (χ4n) is 5.62. The Bertz CT molecular complexity index is 1970. The first-order valence-corrected chi connectivity index (χ1v) is 18.7. The second-order valence-electron chi connectivity index (χ2n) is 12.6. The molecule has 0 saturated heterocycles. The minimum atomic E-state index is -4.23. The van der Waals surface area contributed by atoms with Crippen LogP contribution in [0.5, 0.6) is 11.5 Å². The first kappa shape index (κ1) is 36.9. The van der Waals surface area contributed by atoms with Crippen molar-refractivity contribution in [2.75, 3.05) is 17.4 Å². The highest BCUT2D eigenvalue weighted by Crippen LogP contribution is 2.29. The van der Waals surface area contributed by atoms with Gasteiger partial charge < -0.3 is 15.0 Å². The summed E-state index contributed by atoms with van der Waals surface area (Å²) in [6, 6.07) is 38.8. The molecule has 5 aromatic rings. The van der Waals surface area contributed by atoms with Crippen molar-refractivity contribution >= 4 is 27.5 Å². The maximum Gasteiger partial charge on any atom is 0.264 e. The molecule has 1 N–H and O–H groups in total. The van der Waals surface area contributed by atoms with Crippen LogP contribution in [0, 0.1) is 13.8 Å². The number of rotatable bonds is 16. The largest absolute Gasteiger partial charge is 0.457 e. The Morgan fingerprint density at radius 1 is 0.706 bits per heavy atom. The molecule has 0 aliphatic rings. The third-order valence-corrected chi connectivity index (χ3v) is 10.4. The zero-order valence-corrected chi connectivity index (χ0v) is 30.2. The number of sulfonamides is 1. The van der Waals surface area contributed by atoms with Gasteiger partial charge in [0.15, 0.2) is 0 Å². The Morgan fingerprint density at radius 3 is 1.88 bits per heavy atom. The molecule has 51 heavy (non-hydrogen) atoms. The third-order valence-electron chi connectivity index (χ3n) is 8.57. The second kappa shape index (κ2) is 17.5. The van der Waals surface area contributed by atoms with Crippen molar-refractivity contribution < 1.29 is 22.7 Å². The lowest BCUT2D eigenvalue weighted by atomic mass is 10.0. The number of nitrogens with one attached hydrogen (secondary N) is 1. The van der Waals surface area contributed by atoms with E-state index in [-0.39, 0.29) is 29.5 Å². The fourth-order valence-corrected chi connectivity index (χ4v) is 7.04. The zero-order chi connectivity index (χ0) is 36.2. The molecule has 5 aromatic carbocycles. The van der Waals surface area contributed by atoms with E-state index in [4.69, 9.17) is 4.74 Å². The van der Waals surface area contributed by atoms with Crippen LogP contribution >= 0.6 is 0 Å². The molecule has 8 nitrogen and oxygen atoms in total. The standard InChI is InChI=1S/C42H45N3O5S/c1-4-5-28-43-42(47)40(29-34-12-8-6-9-13-34)44(30-35-20-16-32(2)17-21-35)41(46)31-45(51(48,49)39-26-18-33(3)19-27-39)36-22-24-38(25-23-36)50-37-14-10-7-11-15-37/h6-27,40H,4-5,28-31H2,1-3H3,(H,43,47)/t40-/m1/s1. The summed E-state index contributed by atoms with van der Waals surface area (Å²) in [7, 11) is -4.23. The van der Waals surface area contributed by atoms with Crippen molar-refractivity contribution in [1.29, 1.82) is 0 Å². The number of unbranched alkanes of at least 4 members (excludes halogenated alkanes) is 1. The molecule has 0 bridgehead atoms. The average molecular weight is 704 g/mol. The normalized spacial score (nSPS) is 11.7. The van der Waals surface area contributed by atoms with Crippen LogP contribution in [0.1, 0.15) is 42.0 Å². The number of para-hydroxylation sites is 1. The van der Waals surface area contributed by atoms with Gasteiger partial charge >= 0.3 is 0 Å². The molecule has 2 amide bonds. The highest BCUT2D eigenvalue weighted by Gasteiger charge is 2.34. The van der Waals surface area contributed by atoms with Crippen molar-refractivity contribution in [3.63, 3.8) is 0 Å². The molecule has 0 aliphatic heterocycles. The molecule has 0 aliphatic carbocycles. The number of benzene rings is 5. The first-order chi connectivity index (χ1) is 24.6. The maximum atomic E-state index is 14.7. The van der Waals surface area contributed by atoms with E-state index in [1.54, 1.807) is 48.5 Å². The van der Waals surface area contributed by atoms with Gasteiger partial charge in [-0.05, 0) is 79.9 Å². The Morgan fingerprint density at radius 2 is 1.27 bits per heavy atom. The van der Waals surface area contributed by atoms with Crippen LogP contribution in [0.4, 0.5) is 5.69 Å². The topological polar surface area (TPSA) is 96.0 Å². The smallest absolute Gasteiger partial charge is 0.264 e. The first-order valence-electron chi connectivity index (χ1n) is 17.2. The number of ether oxygens (including phenoxy) is 1. The van der Waals surface area contributed by atoms with Crippen LogP contribution in [0.25, 0.3) is 0 Å². The molecule has 0 spiro atoms. The molecule has 0 saturated carbocycles. The molecule has 0 fully saturated rings. The van der Waals surface area contributed by atoms with Gasteiger partial charge in [0.05, 0.1) is 10.6 Å². The van der Waals surface area contributed by atoms with E-state index in [9.17, 15) is 18.0 Å². The van der Waals surface area contributed by atoms with Gasteiger partial charge in [0, 0.05) is 19.5 Å². The van der Waals surface area contributed by atoms with Crippen LogP contribution in [0.15, 0.2) is 138 Å². The molecular weight excluding hydrogens is 659 g/mol. The van der Waals surface area contributed by atoms with Crippen molar-refractivity contribution in [3.05, 3.63) is 156 Å². The molecular formula is C42H45N3O5S. The molecule has 0 aromatic heterocycles. The van der Waals surface area contributed by atoms with E-state index in [1.807, 2.05) is 106 Å². The van der Waals surface area contributed by atoms with Gasteiger partial charge in [-0.2, -0.15) is 0 Å². The number of aryl methyl sites for hydroxylation is 2. The van der Waals surface area contributed by atoms with Crippen LogP contribution in [0.2, 0.25) is 0 Å². The van der Waals surface area contributed by atoms with Crippen molar-refractivity contribution in [2.24, 2.45) is 0 Å². The van der Waals surface area contributed by atoms with Gasteiger partial charge in [0.2, 0.25) is 11.8 Å².